The molecular weight excluding hydrogens is 324 g/mol. The number of hydrazone groups is 1. The van der Waals surface area contributed by atoms with Crippen LogP contribution in [-0.4, -0.2) is 68.9 Å². The first-order valence-electron chi connectivity index (χ1n) is 6.80. The summed E-state index contributed by atoms with van der Waals surface area (Å²) in [5.74, 6) is -0.575. The standard InChI is InChI=1S/C13H18N4O7/c18-7-11(20)13(22)10(19)5-15-16-12(21)6-14-8-1-3-9(4-2-8)17(23)24/h1-5,10-11,13-14,18-20,22H,6-7H2,(H,16,21)/b15-5+/t10-,11+,13-/m0/s1. The molecule has 24 heavy (non-hydrogen) atoms. The molecular formula is C13H18N4O7. The number of anilines is 1. The number of nitro groups is 1. The van der Waals surface area contributed by atoms with E-state index in [1.165, 1.54) is 24.3 Å². The fourth-order valence-corrected chi connectivity index (χ4v) is 1.53. The Bertz CT molecular complexity index is 578. The number of benzene rings is 1. The van der Waals surface area contributed by atoms with E-state index in [4.69, 9.17) is 10.2 Å². The minimum Gasteiger partial charge on any atom is -0.394 e. The third-order valence-corrected chi connectivity index (χ3v) is 2.88. The summed E-state index contributed by atoms with van der Waals surface area (Å²) in [6, 6.07) is 5.43. The molecule has 0 aliphatic heterocycles. The highest BCUT2D eigenvalue weighted by Crippen LogP contribution is 2.14. The van der Waals surface area contributed by atoms with Gasteiger partial charge in [0.1, 0.15) is 18.3 Å². The maximum atomic E-state index is 11.5. The predicted molar refractivity (Wildman–Crippen MR) is 83.3 cm³/mol. The van der Waals surface area contributed by atoms with E-state index in [0.29, 0.717) is 5.69 Å². The lowest BCUT2D eigenvalue weighted by atomic mass is 10.1. The second-order valence-corrected chi connectivity index (χ2v) is 4.70. The Labute approximate surface area is 136 Å². The topological polar surface area (TPSA) is 178 Å². The Kier molecular flexibility index (Phi) is 7.71. The largest absolute Gasteiger partial charge is 0.394 e. The van der Waals surface area contributed by atoms with E-state index in [1.807, 2.05) is 0 Å². The first-order valence-corrected chi connectivity index (χ1v) is 6.80. The molecule has 11 heteroatoms. The molecule has 0 aromatic heterocycles. The minimum absolute atomic E-state index is 0.0767. The van der Waals surface area contributed by atoms with Crippen molar-refractivity contribution in [1.29, 1.82) is 0 Å². The number of nitro benzene ring substituents is 1. The summed E-state index contributed by atoms with van der Waals surface area (Å²) in [7, 11) is 0. The normalized spacial score (nSPS) is 14.8. The highest BCUT2D eigenvalue weighted by molar-refractivity contribution is 5.81. The summed E-state index contributed by atoms with van der Waals surface area (Å²) in [4.78, 5) is 21.5. The minimum atomic E-state index is -1.64. The lowest BCUT2D eigenvalue weighted by Crippen LogP contribution is -2.40. The number of rotatable bonds is 9. The van der Waals surface area contributed by atoms with E-state index in [1.54, 1.807) is 0 Å². The Morgan fingerprint density at radius 3 is 2.46 bits per heavy atom. The molecule has 11 nitrogen and oxygen atoms in total. The van der Waals surface area contributed by atoms with Crippen LogP contribution in [0.15, 0.2) is 29.4 Å². The van der Waals surface area contributed by atoms with Gasteiger partial charge in [-0.15, -0.1) is 0 Å². The summed E-state index contributed by atoms with van der Waals surface area (Å²) in [6.45, 7) is -0.926. The molecule has 0 aliphatic rings. The van der Waals surface area contributed by atoms with E-state index in [0.717, 1.165) is 6.21 Å². The van der Waals surface area contributed by atoms with Crippen LogP contribution in [0.1, 0.15) is 0 Å². The van der Waals surface area contributed by atoms with Gasteiger partial charge >= 0.3 is 0 Å². The summed E-state index contributed by atoms with van der Waals surface area (Å²) < 4.78 is 0. The molecule has 0 radical (unpaired) electrons. The Balaban J connectivity index is 2.38. The second-order valence-electron chi connectivity index (χ2n) is 4.70. The summed E-state index contributed by atoms with van der Waals surface area (Å²) in [5, 5.41) is 53.1. The second kappa shape index (κ2) is 9.52. The van der Waals surface area contributed by atoms with Crippen LogP contribution in [0.5, 0.6) is 0 Å². The van der Waals surface area contributed by atoms with Gasteiger partial charge in [0.2, 0.25) is 0 Å². The Morgan fingerprint density at radius 1 is 1.29 bits per heavy atom. The number of aliphatic hydroxyl groups is 4. The molecule has 3 atom stereocenters. The van der Waals surface area contributed by atoms with Crippen molar-refractivity contribution in [2.45, 2.75) is 18.3 Å². The summed E-state index contributed by atoms with van der Waals surface area (Å²) in [5.41, 5.74) is 2.48. The zero-order valence-electron chi connectivity index (χ0n) is 12.4. The van der Waals surface area contributed by atoms with E-state index in [2.05, 4.69) is 15.8 Å². The van der Waals surface area contributed by atoms with Gasteiger partial charge in [-0.3, -0.25) is 14.9 Å². The van der Waals surface area contributed by atoms with Gasteiger partial charge < -0.3 is 25.7 Å². The van der Waals surface area contributed by atoms with Crippen LogP contribution in [0.2, 0.25) is 0 Å². The van der Waals surface area contributed by atoms with Crippen LogP contribution in [0.25, 0.3) is 0 Å². The zero-order valence-corrected chi connectivity index (χ0v) is 12.4. The quantitative estimate of drug-likeness (QED) is 0.172. The molecule has 0 fully saturated rings. The van der Waals surface area contributed by atoms with Crippen molar-refractivity contribution >= 4 is 23.5 Å². The molecule has 0 unspecified atom stereocenters. The molecule has 1 aromatic carbocycles. The van der Waals surface area contributed by atoms with Gasteiger partial charge in [0.25, 0.3) is 11.6 Å². The molecule has 0 spiro atoms. The van der Waals surface area contributed by atoms with Gasteiger partial charge in [0, 0.05) is 17.8 Å². The first-order chi connectivity index (χ1) is 11.3. The van der Waals surface area contributed by atoms with Gasteiger partial charge in [-0.2, -0.15) is 5.10 Å². The van der Waals surface area contributed by atoms with Crippen LogP contribution in [0.4, 0.5) is 11.4 Å². The summed E-state index contributed by atoms with van der Waals surface area (Å²) >= 11 is 0. The fourth-order valence-electron chi connectivity index (χ4n) is 1.53. The van der Waals surface area contributed by atoms with Crippen LogP contribution in [-0.2, 0) is 4.79 Å². The van der Waals surface area contributed by atoms with Gasteiger partial charge in [-0.25, -0.2) is 5.43 Å². The number of aliphatic hydroxyl groups excluding tert-OH is 4. The number of hydrogen-bond donors (Lipinski definition) is 6. The first kappa shape index (κ1) is 19.4. The molecule has 0 bridgehead atoms. The number of hydrogen-bond acceptors (Lipinski definition) is 9. The van der Waals surface area contributed by atoms with Crippen molar-refractivity contribution in [3.63, 3.8) is 0 Å². The van der Waals surface area contributed by atoms with Crippen LogP contribution < -0.4 is 10.7 Å². The molecule has 1 amide bonds. The monoisotopic (exact) mass is 342 g/mol. The van der Waals surface area contributed by atoms with Crippen LogP contribution in [0.3, 0.4) is 0 Å². The number of nitrogens with one attached hydrogen (secondary N) is 2. The summed E-state index contributed by atoms with van der Waals surface area (Å²) in [6.07, 6.45) is -3.96. The number of nitrogens with zero attached hydrogens (tertiary/aromatic N) is 2. The molecule has 0 saturated heterocycles. The highest BCUT2D eigenvalue weighted by atomic mass is 16.6. The SMILES string of the molecule is O=C(CNc1ccc([N+](=O)[O-])cc1)N/N=C/[C@H](O)[C@H](O)[C@H](O)CO. The smallest absolute Gasteiger partial charge is 0.269 e. The van der Waals surface area contributed by atoms with Crippen molar-refractivity contribution in [3.8, 4) is 0 Å². The average Bonchev–Trinajstić information content (AvgIpc) is 2.58. The number of amides is 1. The average molecular weight is 342 g/mol. The molecule has 0 aliphatic carbocycles. The van der Waals surface area contributed by atoms with Crippen molar-refractivity contribution in [1.82, 2.24) is 5.43 Å². The van der Waals surface area contributed by atoms with Crippen molar-refractivity contribution in [2.75, 3.05) is 18.5 Å². The zero-order chi connectivity index (χ0) is 18.1. The fraction of sp³-hybridized carbons (Fsp3) is 0.385. The molecule has 1 aromatic rings. The Hall–Kier alpha value is -2.60. The van der Waals surface area contributed by atoms with Gasteiger partial charge in [0.15, 0.2) is 0 Å². The molecule has 0 saturated carbocycles. The van der Waals surface area contributed by atoms with Gasteiger partial charge in [-0.1, -0.05) is 0 Å². The molecule has 132 valence electrons. The van der Waals surface area contributed by atoms with Crippen molar-refractivity contribution < 1.29 is 30.1 Å². The highest BCUT2D eigenvalue weighted by Gasteiger charge is 2.22. The number of non-ortho nitro benzene ring substituents is 1. The Morgan fingerprint density at radius 2 is 1.92 bits per heavy atom. The number of carbonyl (C=O) groups is 1. The van der Waals surface area contributed by atoms with E-state index < -0.39 is 35.7 Å². The maximum absolute atomic E-state index is 11.5. The molecule has 1 rings (SSSR count). The van der Waals surface area contributed by atoms with Gasteiger partial charge in [-0.05, 0) is 12.1 Å². The maximum Gasteiger partial charge on any atom is 0.269 e. The molecule has 0 heterocycles. The third-order valence-electron chi connectivity index (χ3n) is 2.88. The van der Waals surface area contributed by atoms with Gasteiger partial charge in [0.05, 0.1) is 24.3 Å². The van der Waals surface area contributed by atoms with Crippen LogP contribution >= 0.6 is 0 Å². The van der Waals surface area contributed by atoms with E-state index >= 15 is 0 Å². The lowest BCUT2D eigenvalue weighted by molar-refractivity contribution is -0.384. The predicted octanol–water partition coefficient (Wildman–Crippen LogP) is -1.82. The van der Waals surface area contributed by atoms with E-state index in [9.17, 15) is 25.1 Å². The number of carbonyl (C=O) groups excluding carboxylic acids is 1. The molecule has 6 N–H and O–H groups in total. The van der Waals surface area contributed by atoms with Crippen molar-refractivity contribution in [2.24, 2.45) is 5.10 Å². The third kappa shape index (κ3) is 6.26. The lowest BCUT2D eigenvalue weighted by Gasteiger charge is -2.17. The van der Waals surface area contributed by atoms with Crippen molar-refractivity contribution in [3.05, 3.63) is 34.4 Å². The van der Waals surface area contributed by atoms with Crippen LogP contribution in [0, 0.1) is 10.1 Å². The van der Waals surface area contributed by atoms with E-state index in [-0.39, 0.29) is 12.2 Å².